The van der Waals surface area contributed by atoms with E-state index in [4.69, 9.17) is 13.9 Å². The highest BCUT2D eigenvalue weighted by molar-refractivity contribution is 5.97. The van der Waals surface area contributed by atoms with E-state index in [1.165, 1.54) is 5.56 Å². The quantitative estimate of drug-likeness (QED) is 0.460. The third-order valence-corrected chi connectivity index (χ3v) is 2.80. The molecule has 1 rings (SSSR count). The van der Waals surface area contributed by atoms with Crippen molar-refractivity contribution in [1.29, 1.82) is 0 Å². The van der Waals surface area contributed by atoms with Gasteiger partial charge in [0.1, 0.15) is 10.5 Å². The first kappa shape index (κ1) is 14.4. The maximum Gasteiger partial charge on any atom is 0.145 e. The number of rotatable bonds is 10. The molecule has 1 aromatic rings. The Bertz CT molecular complexity index is 267. The van der Waals surface area contributed by atoms with Crippen molar-refractivity contribution < 1.29 is 13.9 Å². The van der Waals surface area contributed by atoms with E-state index in [2.05, 4.69) is 24.3 Å². The fourth-order valence-electron chi connectivity index (χ4n) is 1.46. The molecule has 0 unspecified atom stereocenters. The smallest absolute Gasteiger partial charge is 0.145 e. The molecule has 0 aliphatic heterocycles. The Kier molecular flexibility index (Phi) is 8.85. The van der Waals surface area contributed by atoms with Gasteiger partial charge in [-0.15, -0.1) is 0 Å². The molecule has 4 heteroatoms. The van der Waals surface area contributed by atoms with Crippen molar-refractivity contribution in [3.63, 3.8) is 0 Å². The lowest BCUT2D eigenvalue weighted by Gasteiger charge is -2.05. The lowest BCUT2D eigenvalue weighted by molar-refractivity contribution is 0.0449. The Morgan fingerprint density at radius 3 is 2.24 bits per heavy atom. The molecule has 0 atom stereocenters. The van der Waals surface area contributed by atoms with Crippen molar-refractivity contribution in [1.82, 2.24) is 0 Å². The molecule has 0 N–H and O–H groups in total. The maximum absolute atomic E-state index is 5.49. The van der Waals surface area contributed by atoms with Crippen LogP contribution in [0.1, 0.15) is 12.0 Å². The summed E-state index contributed by atoms with van der Waals surface area (Å²) in [7, 11) is 0.817. The summed E-state index contributed by atoms with van der Waals surface area (Å²) in [5.74, 6) is 0. The van der Waals surface area contributed by atoms with E-state index in [9.17, 15) is 0 Å². The minimum Gasteiger partial charge on any atom is -0.428 e. The van der Waals surface area contributed by atoms with Gasteiger partial charge < -0.3 is 13.9 Å². The molecular formula is C13H22O3Si. The molecular weight excluding hydrogens is 232 g/mol. The van der Waals surface area contributed by atoms with Crippen LogP contribution in [0.3, 0.4) is 0 Å². The van der Waals surface area contributed by atoms with E-state index in [-0.39, 0.29) is 0 Å². The van der Waals surface area contributed by atoms with Gasteiger partial charge in [0.25, 0.3) is 0 Å². The summed E-state index contributed by atoms with van der Waals surface area (Å²) >= 11 is 0. The summed E-state index contributed by atoms with van der Waals surface area (Å²) in [4.78, 5) is 0. The first-order chi connectivity index (χ1) is 8.43. The number of ether oxygens (including phenoxy) is 2. The van der Waals surface area contributed by atoms with E-state index in [1.54, 1.807) is 0 Å². The van der Waals surface area contributed by atoms with Crippen molar-refractivity contribution in [3.05, 3.63) is 35.9 Å². The Hall–Kier alpha value is -0.683. The van der Waals surface area contributed by atoms with Crippen LogP contribution >= 0.6 is 0 Å². The summed E-state index contributed by atoms with van der Waals surface area (Å²) in [6.07, 6.45) is 1.95. The second-order valence-electron chi connectivity index (χ2n) is 3.81. The lowest BCUT2D eigenvalue weighted by Crippen LogP contribution is -2.08. The number of hydrogen-bond donors (Lipinski definition) is 0. The van der Waals surface area contributed by atoms with Gasteiger partial charge in [0.15, 0.2) is 0 Å². The topological polar surface area (TPSA) is 27.7 Å². The SMILES string of the molecule is [SiH3]OCCCOCCOCCc1ccccc1. The van der Waals surface area contributed by atoms with Gasteiger partial charge in [-0.25, -0.2) is 0 Å². The van der Waals surface area contributed by atoms with Gasteiger partial charge in [0, 0.05) is 13.2 Å². The average Bonchev–Trinajstić information content (AvgIpc) is 2.38. The molecule has 0 bridgehead atoms. The zero-order chi connectivity index (χ0) is 12.2. The third kappa shape index (κ3) is 8.10. The molecule has 3 nitrogen and oxygen atoms in total. The molecule has 0 heterocycles. The second kappa shape index (κ2) is 10.5. The zero-order valence-electron chi connectivity index (χ0n) is 10.6. The Morgan fingerprint density at radius 1 is 0.824 bits per heavy atom. The molecule has 0 radical (unpaired) electrons. The van der Waals surface area contributed by atoms with E-state index in [1.807, 2.05) is 6.07 Å². The van der Waals surface area contributed by atoms with Gasteiger partial charge in [-0.2, -0.15) is 0 Å². The van der Waals surface area contributed by atoms with E-state index in [0.717, 1.165) is 43.1 Å². The largest absolute Gasteiger partial charge is 0.428 e. The van der Waals surface area contributed by atoms with E-state index < -0.39 is 0 Å². The summed E-state index contributed by atoms with van der Waals surface area (Å²) in [6.45, 7) is 3.70. The van der Waals surface area contributed by atoms with Crippen LogP contribution in [0, 0.1) is 0 Å². The van der Waals surface area contributed by atoms with Crippen LogP contribution < -0.4 is 0 Å². The fraction of sp³-hybridized carbons (Fsp3) is 0.538. The molecule has 96 valence electrons. The highest BCUT2D eigenvalue weighted by atomic mass is 28.2. The predicted octanol–water partition coefficient (Wildman–Crippen LogP) is 0.949. The molecule has 0 aliphatic rings. The molecule has 0 fully saturated rings. The lowest BCUT2D eigenvalue weighted by atomic mass is 10.2. The van der Waals surface area contributed by atoms with Crippen molar-refractivity contribution in [3.8, 4) is 0 Å². The van der Waals surface area contributed by atoms with Crippen LogP contribution in [0.2, 0.25) is 0 Å². The third-order valence-electron chi connectivity index (χ3n) is 2.39. The number of benzene rings is 1. The Balaban J connectivity index is 1.85. The summed E-state index contributed by atoms with van der Waals surface area (Å²) < 4.78 is 16.0. The van der Waals surface area contributed by atoms with Crippen LogP contribution in [0.15, 0.2) is 30.3 Å². The first-order valence-electron chi connectivity index (χ1n) is 6.12. The van der Waals surface area contributed by atoms with Crippen LogP contribution in [0.4, 0.5) is 0 Å². The normalized spacial score (nSPS) is 10.8. The number of hydrogen-bond acceptors (Lipinski definition) is 3. The van der Waals surface area contributed by atoms with Crippen molar-refractivity contribution in [2.24, 2.45) is 0 Å². The van der Waals surface area contributed by atoms with Gasteiger partial charge >= 0.3 is 0 Å². The standard InChI is InChI=1S/C13H22O3Si/c17-16-9-4-8-14-11-12-15-10-7-13-5-2-1-3-6-13/h1-3,5-6H,4,7-12H2,17H3. The van der Waals surface area contributed by atoms with Crippen LogP contribution in [-0.4, -0.2) is 43.5 Å². The highest BCUT2D eigenvalue weighted by Gasteiger charge is 1.93. The van der Waals surface area contributed by atoms with Gasteiger partial charge in [-0.1, -0.05) is 30.3 Å². The minimum atomic E-state index is 0.675. The molecule has 0 saturated carbocycles. The highest BCUT2D eigenvalue weighted by Crippen LogP contribution is 1.99. The molecule has 0 amide bonds. The Morgan fingerprint density at radius 2 is 1.53 bits per heavy atom. The van der Waals surface area contributed by atoms with Crippen LogP contribution in [0.5, 0.6) is 0 Å². The molecule has 0 saturated heterocycles. The second-order valence-corrected chi connectivity index (χ2v) is 4.38. The van der Waals surface area contributed by atoms with Crippen molar-refractivity contribution in [2.45, 2.75) is 12.8 Å². The van der Waals surface area contributed by atoms with Crippen LogP contribution in [-0.2, 0) is 20.3 Å². The Labute approximate surface area is 107 Å². The molecule has 0 spiro atoms. The monoisotopic (exact) mass is 254 g/mol. The van der Waals surface area contributed by atoms with Gasteiger partial charge in [0.05, 0.1) is 19.8 Å². The predicted molar refractivity (Wildman–Crippen MR) is 72.3 cm³/mol. The van der Waals surface area contributed by atoms with Gasteiger partial charge in [-0.3, -0.25) is 0 Å². The molecule has 0 aromatic heterocycles. The minimum absolute atomic E-state index is 0.675. The van der Waals surface area contributed by atoms with Gasteiger partial charge in [-0.05, 0) is 18.4 Å². The first-order valence-corrected chi connectivity index (χ1v) is 6.93. The average molecular weight is 254 g/mol. The summed E-state index contributed by atoms with van der Waals surface area (Å²) in [6, 6.07) is 10.4. The summed E-state index contributed by atoms with van der Waals surface area (Å²) in [5.41, 5.74) is 1.32. The maximum atomic E-state index is 5.49. The van der Waals surface area contributed by atoms with E-state index >= 15 is 0 Å². The van der Waals surface area contributed by atoms with Crippen molar-refractivity contribution >= 4 is 10.5 Å². The van der Waals surface area contributed by atoms with Gasteiger partial charge in [0.2, 0.25) is 0 Å². The molecule has 17 heavy (non-hydrogen) atoms. The van der Waals surface area contributed by atoms with Crippen molar-refractivity contribution in [2.75, 3.05) is 33.0 Å². The molecule has 1 aromatic carbocycles. The zero-order valence-corrected chi connectivity index (χ0v) is 12.6. The van der Waals surface area contributed by atoms with E-state index in [0.29, 0.717) is 13.2 Å². The fourth-order valence-corrected chi connectivity index (χ4v) is 1.75. The van der Waals surface area contributed by atoms with Crippen LogP contribution in [0.25, 0.3) is 0 Å². The molecule has 0 aliphatic carbocycles. The summed E-state index contributed by atoms with van der Waals surface area (Å²) in [5, 5.41) is 0.